The van der Waals surface area contributed by atoms with Gasteiger partial charge in [-0.2, -0.15) is 0 Å². The minimum absolute atomic E-state index is 0. The summed E-state index contributed by atoms with van der Waals surface area (Å²) in [7, 11) is 0. The Hall–Kier alpha value is -1.66. The third-order valence-corrected chi connectivity index (χ3v) is 3.96. The summed E-state index contributed by atoms with van der Waals surface area (Å²) < 4.78 is 14.9. The van der Waals surface area contributed by atoms with Gasteiger partial charge in [0.1, 0.15) is 5.82 Å². The van der Waals surface area contributed by atoms with Crippen molar-refractivity contribution < 1.29 is 4.39 Å². The SMILES string of the molecule is Cl.Fc1cccc(Cn2cc(NCCN3CCCCC3)nn2)c1. The Morgan fingerprint density at radius 3 is 2.78 bits per heavy atom. The molecule has 0 amide bonds. The van der Waals surface area contributed by atoms with Gasteiger partial charge in [-0.05, 0) is 43.6 Å². The van der Waals surface area contributed by atoms with E-state index in [2.05, 4.69) is 20.5 Å². The molecule has 1 N–H and O–H groups in total. The Kier molecular flexibility index (Phi) is 6.80. The Morgan fingerprint density at radius 2 is 2.00 bits per heavy atom. The van der Waals surface area contributed by atoms with Gasteiger partial charge in [-0.15, -0.1) is 17.5 Å². The largest absolute Gasteiger partial charge is 0.366 e. The lowest BCUT2D eigenvalue weighted by molar-refractivity contribution is 0.237. The van der Waals surface area contributed by atoms with Crippen LogP contribution in [0.15, 0.2) is 30.5 Å². The number of hydrogen-bond acceptors (Lipinski definition) is 4. The molecule has 7 heteroatoms. The Labute approximate surface area is 142 Å². The van der Waals surface area contributed by atoms with E-state index in [1.54, 1.807) is 10.7 Å². The van der Waals surface area contributed by atoms with Crippen molar-refractivity contribution in [3.63, 3.8) is 0 Å². The average molecular weight is 340 g/mol. The van der Waals surface area contributed by atoms with Crippen molar-refractivity contribution >= 4 is 18.2 Å². The summed E-state index contributed by atoms with van der Waals surface area (Å²) in [6.07, 6.45) is 5.84. The van der Waals surface area contributed by atoms with E-state index in [9.17, 15) is 4.39 Å². The normalized spacial score (nSPS) is 15.2. The van der Waals surface area contributed by atoms with Gasteiger partial charge in [0.15, 0.2) is 5.82 Å². The molecule has 1 aromatic carbocycles. The van der Waals surface area contributed by atoms with E-state index in [0.29, 0.717) is 6.54 Å². The molecule has 1 aliphatic heterocycles. The van der Waals surface area contributed by atoms with Gasteiger partial charge in [-0.1, -0.05) is 23.8 Å². The molecule has 3 rings (SSSR count). The number of nitrogens with one attached hydrogen (secondary N) is 1. The molecular weight excluding hydrogens is 317 g/mol. The quantitative estimate of drug-likeness (QED) is 0.879. The predicted octanol–water partition coefficient (Wildman–Crippen LogP) is 2.79. The van der Waals surface area contributed by atoms with Crippen LogP contribution in [-0.4, -0.2) is 46.1 Å². The molecule has 5 nitrogen and oxygen atoms in total. The molecule has 1 aromatic heterocycles. The van der Waals surface area contributed by atoms with Gasteiger partial charge in [0.05, 0.1) is 12.7 Å². The molecule has 0 saturated carbocycles. The molecule has 0 aliphatic carbocycles. The van der Waals surface area contributed by atoms with Crippen LogP contribution in [0.25, 0.3) is 0 Å². The zero-order valence-corrected chi connectivity index (χ0v) is 13.9. The standard InChI is InChI=1S/C16H22FN5.ClH/c17-15-6-4-5-14(11-15)12-22-13-16(19-20-22)18-7-10-21-8-2-1-3-9-21;/h4-6,11,13,18H,1-3,7-10,12H2;1H. The van der Waals surface area contributed by atoms with E-state index in [1.165, 1.54) is 44.5 Å². The van der Waals surface area contributed by atoms with Crippen LogP contribution in [0.4, 0.5) is 10.2 Å². The fourth-order valence-electron chi connectivity index (χ4n) is 2.80. The lowest BCUT2D eigenvalue weighted by Gasteiger charge is -2.26. The molecule has 0 unspecified atom stereocenters. The molecule has 1 fully saturated rings. The fourth-order valence-corrected chi connectivity index (χ4v) is 2.80. The molecule has 0 bridgehead atoms. The van der Waals surface area contributed by atoms with Crippen molar-refractivity contribution in [2.75, 3.05) is 31.5 Å². The maximum atomic E-state index is 13.2. The fraction of sp³-hybridized carbons (Fsp3) is 0.500. The van der Waals surface area contributed by atoms with Gasteiger partial charge in [0, 0.05) is 13.1 Å². The molecule has 2 aromatic rings. The number of benzene rings is 1. The van der Waals surface area contributed by atoms with E-state index in [1.807, 2.05) is 12.3 Å². The maximum Gasteiger partial charge on any atom is 0.168 e. The highest BCUT2D eigenvalue weighted by Gasteiger charge is 2.09. The van der Waals surface area contributed by atoms with Gasteiger partial charge in [0.2, 0.25) is 0 Å². The Balaban J connectivity index is 0.00000192. The van der Waals surface area contributed by atoms with Crippen LogP contribution < -0.4 is 5.32 Å². The van der Waals surface area contributed by atoms with Crippen LogP contribution in [0.5, 0.6) is 0 Å². The van der Waals surface area contributed by atoms with Crippen LogP contribution >= 0.6 is 12.4 Å². The van der Waals surface area contributed by atoms with Crippen molar-refractivity contribution in [1.82, 2.24) is 19.9 Å². The van der Waals surface area contributed by atoms with Gasteiger partial charge < -0.3 is 10.2 Å². The zero-order chi connectivity index (χ0) is 15.2. The molecule has 23 heavy (non-hydrogen) atoms. The number of nitrogens with zero attached hydrogens (tertiary/aromatic N) is 4. The summed E-state index contributed by atoms with van der Waals surface area (Å²) in [6.45, 7) is 4.84. The summed E-state index contributed by atoms with van der Waals surface area (Å²) in [4.78, 5) is 2.48. The van der Waals surface area contributed by atoms with E-state index in [-0.39, 0.29) is 18.2 Å². The first kappa shape index (κ1) is 17.7. The molecule has 0 atom stereocenters. The lowest BCUT2D eigenvalue weighted by Crippen LogP contribution is -2.33. The van der Waals surface area contributed by atoms with Crippen LogP contribution in [0.1, 0.15) is 24.8 Å². The third kappa shape index (κ3) is 5.48. The summed E-state index contributed by atoms with van der Waals surface area (Å²) in [5.74, 6) is 0.547. The number of piperidine rings is 1. The first-order valence-electron chi connectivity index (χ1n) is 7.90. The number of anilines is 1. The molecule has 0 radical (unpaired) electrons. The molecule has 126 valence electrons. The second kappa shape index (κ2) is 8.84. The first-order chi connectivity index (χ1) is 10.8. The van der Waals surface area contributed by atoms with Crippen LogP contribution in [0.3, 0.4) is 0 Å². The van der Waals surface area contributed by atoms with E-state index < -0.39 is 0 Å². The lowest BCUT2D eigenvalue weighted by atomic mass is 10.1. The van der Waals surface area contributed by atoms with Crippen LogP contribution in [-0.2, 0) is 6.54 Å². The minimum atomic E-state index is -0.225. The molecular formula is C16H23ClFN5. The molecule has 1 saturated heterocycles. The predicted molar refractivity (Wildman–Crippen MR) is 91.6 cm³/mol. The number of hydrogen-bond donors (Lipinski definition) is 1. The van der Waals surface area contributed by atoms with Crippen LogP contribution in [0.2, 0.25) is 0 Å². The van der Waals surface area contributed by atoms with E-state index in [0.717, 1.165) is 24.5 Å². The number of rotatable bonds is 6. The first-order valence-corrected chi connectivity index (χ1v) is 7.90. The minimum Gasteiger partial charge on any atom is -0.366 e. The van der Waals surface area contributed by atoms with Crippen molar-refractivity contribution in [3.8, 4) is 0 Å². The van der Waals surface area contributed by atoms with Gasteiger partial charge in [-0.25, -0.2) is 9.07 Å². The smallest absolute Gasteiger partial charge is 0.168 e. The highest BCUT2D eigenvalue weighted by Crippen LogP contribution is 2.09. The van der Waals surface area contributed by atoms with Gasteiger partial charge in [-0.3, -0.25) is 0 Å². The zero-order valence-electron chi connectivity index (χ0n) is 13.1. The monoisotopic (exact) mass is 339 g/mol. The summed E-state index contributed by atoms with van der Waals surface area (Å²) >= 11 is 0. The van der Waals surface area contributed by atoms with Crippen molar-refractivity contribution in [3.05, 3.63) is 41.8 Å². The summed E-state index contributed by atoms with van der Waals surface area (Å²) in [5, 5.41) is 11.5. The molecule has 1 aliphatic rings. The molecule has 2 heterocycles. The van der Waals surface area contributed by atoms with E-state index in [4.69, 9.17) is 0 Å². The second-order valence-electron chi connectivity index (χ2n) is 5.76. The number of aromatic nitrogens is 3. The number of halogens is 2. The van der Waals surface area contributed by atoms with Crippen molar-refractivity contribution in [2.45, 2.75) is 25.8 Å². The Bertz CT molecular complexity index is 598. The average Bonchev–Trinajstić information content (AvgIpc) is 2.96. The molecule has 0 spiro atoms. The van der Waals surface area contributed by atoms with Crippen LogP contribution in [0, 0.1) is 5.82 Å². The summed E-state index contributed by atoms with van der Waals surface area (Å²) in [6, 6.07) is 6.55. The topological polar surface area (TPSA) is 46.0 Å². The van der Waals surface area contributed by atoms with Crippen molar-refractivity contribution in [1.29, 1.82) is 0 Å². The summed E-state index contributed by atoms with van der Waals surface area (Å²) in [5.41, 5.74) is 0.879. The maximum absolute atomic E-state index is 13.2. The van der Waals surface area contributed by atoms with Gasteiger partial charge in [0.25, 0.3) is 0 Å². The highest BCUT2D eigenvalue weighted by molar-refractivity contribution is 5.85. The Morgan fingerprint density at radius 1 is 1.17 bits per heavy atom. The van der Waals surface area contributed by atoms with Crippen molar-refractivity contribution in [2.24, 2.45) is 0 Å². The third-order valence-electron chi connectivity index (χ3n) is 3.96. The van der Waals surface area contributed by atoms with E-state index >= 15 is 0 Å². The second-order valence-corrected chi connectivity index (χ2v) is 5.76. The highest BCUT2D eigenvalue weighted by atomic mass is 35.5. The number of likely N-dealkylation sites (tertiary alicyclic amines) is 1. The van der Waals surface area contributed by atoms with Gasteiger partial charge >= 0.3 is 0 Å².